The van der Waals surface area contributed by atoms with E-state index in [-0.39, 0.29) is 0 Å². The van der Waals surface area contributed by atoms with Crippen LogP contribution in [0.4, 0.5) is 0 Å². The highest BCUT2D eigenvalue weighted by Crippen LogP contribution is 2.20. The third kappa shape index (κ3) is 4.45. The van der Waals surface area contributed by atoms with Crippen LogP contribution in [-0.2, 0) is 19.6 Å². The molecule has 1 aliphatic heterocycles. The van der Waals surface area contributed by atoms with Crippen LogP contribution in [0.5, 0.6) is 0 Å². The van der Waals surface area contributed by atoms with Crippen LogP contribution in [0.3, 0.4) is 0 Å². The van der Waals surface area contributed by atoms with E-state index in [1.807, 2.05) is 6.92 Å². The molecule has 8 heteroatoms. The standard InChI is InChI=1S/C12H22N2O5S/c1-3-6-9(12(16)17)13-11(15)10-7-4-5-8-14(10)20(2,18)19/h9-10H,3-8H2,1-2H3,(H,13,15)(H,16,17)/t9-,10+/m0/s1. The highest BCUT2D eigenvalue weighted by Gasteiger charge is 2.35. The number of sulfonamides is 1. The molecule has 1 rings (SSSR count). The van der Waals surface area contributed by atoms with E-state index in [1.165, 1.54) is 0 Å². The monoisotopic (exact) mass is 306 g/mol. The van der Waals surface area contributed by atoms with Gasteiger partial charge in [0.05, 0.1) is 6.26 Å². The van der Waals surface area contributed by atoms with Crippen molar-refractivity contribution in [3.8, 4) is 0 Å². The summed E-state index contributed by atoms with van der Waals surface area (Å²) in [6.07, 6.45) is 3.92. The normalized spacial score (nSPS) is 22.2. The van der Waals surface area contributed by atoms with Crippen LogP contribution >= 0.6 is 0 Å². The molecule has 1 saturated heterocycles. The SMILES string of the molecule is CCC[C@H](NC(=O)[C@H]1CCCCN1S(C)(=O)=O)C(=O)O. The molecule has 20 heavy (non-hydrogen) atoms. The van der Waals surface area contributed by atoms with E-state index in [2.05, 4.69) is 5.32 Å². The summed E-state index contributed by atoms with van der Waals surface area (Å²) >= 11 is 0. The number of hydrogen-bond donors (Lipinski definition) is 2. The summed E-state index contributed by atoms with van der Waals surface area (Å²) in [5.41, 5.74) is 0. The molecular formula is C12H22N2O5S. The van der Waals surface area contributed by atoms with Crippen molar-refractivity contribution in [2.24, 2.45) is 0 Å². The van der Waals surface area contributed by atoms with E-state index >= 15 is 0 Å². The van der Waals surface area contributed by atoms with Gasteiger partial charge < -0.3 is 10.4 Å². The van der Waals surface area contributed by atoms with Crippen molar-refractivity contribution in [2.75, 3.05) is 12.8 Å². The molecule has 1 fully saturated rings. The van der Waals surface area contributed by atoms with Crippen molar-refractivity contribution in [1.82, 2.24) is 9.62 Å². The van der Waals surface area contributed by atoms with Crippen molar-refractivity contribution in [1.29, 1.82) is 0 Å². The quantitative estimate of drug-likeness (QED) is 0.728. The van der Waals surface area contributed by atoms with E-state index in [0.29, 0.717) is 32.2 Å². The van der Waals surface area contributed by atoms with Gasteiger partial charge in [0.1, 0.15) is 12.1 Å². The first kappa shape index (κ1) is 16.9. The molecule has 0 bridgehead atoms. The number of hydrogen-bond acceptors (Lipinski definition) is 4. The second kappa shape index (κ2) is 7.03. The molecular weight excluding hydrogens is 284 g/mol. The van der Waals surface area contributed by atoms with E-state index in [4.69, 9.17) is 5.11 Å². The molecule has 1 heterocycles. The Morgan fingerprint density at radius 3 is 2.55 bits per heavy atom. The van der Waals surface area contributed by atoms with E-state index in [9.17, 15) is 18.0 Å². The van der Waals surface area contributed by atoms with E-state index in [1.54, 1.807) is 0 Å². The Morgan fingerprint density at radius 2 is 2.05 bits per heavy atom. The number of carbonyl (C=O) groups excluding carboxylic acids is 1. The first-order valence-corrected chi connectivity index (χ1v) is 8.62. The first-order valence-electron chi connectivity index (χ1n) is 6.77. The number of carboxylic acids is 1. The van der Waals surface area contributed by atoms with Crippen LogP contribution in [0.25, 0.3) is 0 Å². The number of rotatable bonds is 6. The van der Waals surface area contributed by atoms with E-state index in [0.717, 1.165) is 17.0 Å². The maximum absolute atomic E-state index is 12.2. The minimum absolute atomic E-state index is 0.308. The second-order valence-corrected chi connectivity index (χ2v) is 7.01. The minimum Gasteiger partial charge on any atom is -0.480 e. The van der Waals surface area contributed by atoms with Crippen LogP contribution < -0.4 is 5.32 Å². The number of amides is 1. The Kier molecular flexibility index (Phi) is 5.94. The largest absolute Gasteiger partial charge is 0.480 e. The van der Waals surface area contributed by atoms with Gasteiger partial charge >= 0.3 is 5.97 Å². The number of aliphatic carboxylic acids is 1. The molecule has 1 aliphatic rings. The van der Waals surface area contributed by atoms with E-state index < -0.39 is 34.0 Å². The second-order valence-electron chi connectivity index (χ2n) is 5.07. The molecule has 0 radical (unpaired) electrons. The zero-order valence-electron chi connectivity index (χ0n) is 11.8. The fourth-order valence-corrected chi connectivity index (χ4v) is 3.50. The van der Waals surface area contributed by atoms with Crippen LogP contribution in [0.1, 0.15) is 39.0 Å². The van der Waals surface area contributed by atoms with Crippen LogP contribution in [0.2, 0.25) is 0 Å². The molecule has 2 atom stereocenters. The lowest BCUT2D eigenvalue weighted by Gasteiger charge is -2.33. The number of piperidine rings is 1. The van der Waals surface area contributed by atoms with Gasteiger partial charge in [0.15, 0.2) is 0 Å². The Labute approximate surface area is 119 Å². The predicted octanol–water partition coefficient (Wildman–Crippen LogP) is 0.170. The van der Waals surface area contributed by atoms with Crippen LogP contribution in [-0.4, -0.2) is 54.6 Å². The summed E-state index contributed by atoms with van der Waals surface area (Å²) in [6, 6.07) is -1.76. The molecule has 7 nitrogen and oxygen atoms in total. The molecule has 0 aromatic rings. The first-order chi connectivity index (χ1) is 9.27. The summed E-state index contributed by atoms with van der Waals surface area (Å²) in [4.78, 5) is 23.2. The van der Waals surface area contributed by atoms with Gasteiger partial charge in [0.2, 0.25) is 15.9 Å². The Hall–Kier alpha value is -1.15. The average molecular weight is 306 g/mol. The van der Waals surface area contributed by atoms with Gasteiger partial charge in [-0.15, -0.1) is 0 Å². The summed E-state index contributed by atoms with van der Waals surface area (Å²) in [5, 5.41) is 11.5. The maximum Gasteiger partial charge on any atom is 0.326 e. The molecule has 0 aromatic heterocycles. The summed E-state index contributed by atoms with van der Waals surface area (Å²) < 4.78 is 24.5. The third-order valence-corrected chi connectivity index (χ3v) is 4.66. The number of carbonyl (C=O) groups is 2. The predicted molar refractivity (Wildman–Crippen MR) is 73.7 cm³/mol. The number of nitrogens with one attached hydrogen (secondary N) is 1. The molecule has 2 N–H and O–H groups in total. The molecule has 0 spiro atoms. The van der Waals surface area contributed by atoms with Crippen molar-refractivity contribution >= 4 is 21.9 Å². The maximum atomic E-state index is 12.2. The van der Waals surface area contributed by atoms with Crippen molar-refractivity contribution in [3.63, 3.8) is 0 Å². The van der Waals surface area contributed by atoms with Gasteiger partial charge in [-0.1, -0.05) is 19.8 Å². The topological polar surface area (TPSA) is 104 Å². The van der Waals surface area contributed by atoms with Gasteiger partial charge in [-0.25, -0.2) is 13.2 Å². The Balaban J connectivity index is 2.80. The Bertz CT molecular complexity index is 462. The summed E-state index contributed by atoms with van der Waals surface area (Å²) in [6.45, 7) is 2.13. The molecule has 0 saturated carbocycles. The average Bonchev–Trinajstić information content (AvgIpc) is 2.37. The number of carboxylic acid groups (broad SMARTS) is 1. The lowest BCUT2D eigenvalue weighted by Crippen LogP contribution is -2.54. The smallest absolute Gasteiger partial charge is 0.326 e. The highest BCUT2D eigenvalue weighted by atomic mass is 32.2. The fourth-order valence-electron chi connectivity index (χ4n) is 2.38. The number of nitrogens with zero attached hydrogens (tertiary/aromatic N) is 1. The lowest BCUT2D eigenvalue weighted by atomic mass is 10.0. The zero-order valence-corrected chi connectivity index (χ0v) is 12.6. The molecule has 0 aromatic carbocycles. The lowest BCUT2D eigenvalue weighted by molar-refractivity contribution is -0.142. The van der Waals surface area contributed by atoms with Gasteiger partial charge in [0.25, 0.3) is 0 Å². The van der Waals surface area contributed by atoms with Crippen LogP contribution in [0, 0.1) is 0 Å². The van der Waals surface area contributed by atoms with Gasteiger partial charge in [-0.2, -0.15) is 4.31 Å². The Morgan fingerprint density at radius 1 is 1.40 bits per heavy atom. The van der Waals surface area contributed by atoms with Gasteiger partial charge in [-0.05, 0) is 19.3 Å². The van der Waals surface area contributed by atoms with Crippen molar-refractivity contribution in [2.45, 2.75) is 51.1 Å². The van der Waals surface area contributed by atoms with Crippen LogP contribution in [0.15, 0.2) is 0 Å². The molecule has 0 aliphatic carbocycles. The summed E-state index contributed by atoms with van der Waals surface area (Å²) in [5.74, 6) is -1.61. The summed E-state index contributed by atoms with van der Waals surface area (Å²) in [7, 11) is -3.46. The highest BCUT2D eigenvalue weighted by molar-refractivity contribution is 7.88. The molecule has 116 valence electrons. The molecule has 0 unspecified atom stereocenters. The molecule has 1 amide bonds. The van der Waals surface area contributed by atoms with Gasteiger partial charge in [0, 0.05) is 6.54 Å². The zero-order chi connectivity index (χ0) is 15.3. The third-order valence-electron chi connectivity index (χ3n) is 3.37. The van der Waals surface area contributed by atoms with Crippen molar-refractivity contribution in [3.05, 3.63) is 0 Å². The fraction of sp³-hybridized carbons (Fsp3) is 0.833. The van der Waals surface area contributed by atoms with Crippen molar-refractivity contribution < 1.29 is 23.1 Å². The minimum atomic E-state index is -3.46. The van der Waals surface area contributed by atoms with Gasteiger partial charge in [-0.3, -0.25) is 4.79 Å².